The highest BCUT2D eigenvalue weighted by molar-refractivity contribution is 8.00. The van der Waals surface area contributed by atoms with Crippen molar-refractivity contribution in [2.24, 2.45) is 0 Å². The molecule has 2 N–H and O–H groups in total. The van der Waals surface area contributed by atoms with Crippen molar-refractivity contribution in [2.75, 3.05) is 11.1 Å². The molecule has 5 nitrogen and oxygen atoms in total. The van der Waals surface area contributed by atoms with Crippen molar-refractivity contribution in [1.82, 2.24) is 9.97 Å². The summed E-state index contributed by atoms with van der Waals surface area (Å²) >= 11 is 6.81. The molecule has 8 heteroatoms. The van der Waals surface area contributed by atoms with E-state index in [0.29, 0.717) is 10.7 Å². The van der Waals surface area contributed by atoms with Crippen molar-refractivity contribution in [3.8, 4) is 0 Å². The highest BCUT2D eigenvalue weighted by atomic mass is 35.5. The van der Waals surface area contributed by atoms with Gasteiger partial charge in [-0.15, -0.1) is 0 Å². The number of anilines is 1. The lowest BCUT2D eigenvalue weighted by Gasteiger charge is -2.07. The number of carbonyl (C=O) groups excluding carboxylic acids is 1. The first-order valence-electron chi connectivity index (χ1n) is 5.89. The SMILES string of the molecule is Cc1cnc(=O)[nH]c1SCC(=O)Nc1ccc(F)c(Cl)c1. The summed E-state index contributed by atoms with van der Waals surface area (Å²) in [5.41, 5.74) is 0.720. The van der Waals surface area contributed by atoms with Gasteiger partial charge in [-0.25, -0.2) is 14.2 Å². The van der Waals surface area contributed by atoms with Crippen LogP contribution in [0.25, 0.3) is 0 Å². The largest absolute Gasteiger partial charge is 0.345 e. The van der Waals surface area contributed by atoms with E-state index in [0.717, 1.165) is 5.56 Å². The van der Waals surface area contributed by atoms with Crippen LogP contribution < -0.4 is 11.0 Å². The number of benzene rings is 1. The van der Waals surface area contributed by atoms with Gasteiger partial charge < -0.3 is 10.3 Å². The molecule has 0 aliphatic carbocycles. The number of rotatable bonds is 4. The quantitative estimate of drug-likeness (QED) is 0.668. The van der Waals surface area contributed by atoms with Gasteiger partial charge in [0.1, 0.15) is 5.82 Å². The van der Waals surface area contributed by atoms with Crippen LogP contribution in [0.15, 0.2) is 34.2 Å². The summed E-state index contributed by atoms with van der Waals surface area (Å²) in [6.45, 7) is 1.78. The first-order valence-corrected chi connectivity index (χ1v) is 7.25. The molecule has 2 rings (SSSR count). The van der Waals surface area contributed by atoms with Gasteiger partial charge in [0.25, 0.3) is 0 Å². The number of amides is 1. The number of nitrogens with one attached hydrogen (secondary N) is 2. The van der Waals surface area contributed by atoms with E-state index >= 15 is 0 Å². The number of halogens is 2. The molecule has 0 unspecified atom stereocenters. The molecule has 1 amide bonds. The minimum Gasteiger partial charge on any atom is -0.325 e. The summed E-state index contributed by atoms with van der Waals surface area (Å²) in [5, 5.41) is 3.12. The van der Waals surface area contributed by atoms with E-state index in [1.54, 1.807) is 6.92 Å². The molecule has 0 fully saturated rings. The average Bonchev–Trinajstić information content (AvgIpc) is 2.44. The third-order valence-electron chi connectivity index (χ3n) is 2.51. The molecule has 2 aromatic rings. The molecule has 0 bridgehead atoms. The van der Waals surface area contributed by atoms with Gasteiger partial charge in [-0.1, -0.05) is 23.4 Å². The highest BCUT2D eigenvalue weighted by Gasteiger charge is 2.08. The minimum absolute atomic E-state index is 0.0604. The fourth-order valence-electron chi connectivity index (χ4n) is 1.50. The maximum Gasteiger partial charge on any atom is 0.345 e. The predicted octanol–water partition coefficient (Wildman–Crippen LogP) is 2.60. The molecule has 0 saturated heterocycles. The topological polar surface area (TPSA) is 74.8 Å². The van der Waals surface area contributed by atoms with Crippen molar-refractivity contribution in [3.05, 3.63) is 51.3 Å². The molecule has 0 aliphatic rings. The van der Waals surface area contributed by atoms with E-state index in [4.69, 9.17) is 11.6 Å². The van der Waals surface area contributed by atoms with E-state index in [2.05, 4.69) is 15.3 Å². The third-order valence-corrected chi connectivity index (χ3v) is 3.91. The second-order valence-corrected chi connectivity index (χ2v) is 5.56. The summed E-state index contributed by atoms with van der Waals surface area (Å²) in [6, 6.07) is 3.93. The van der Waals surface area contributed by atoms with E-state index in [1.807, 2.05) is 0 Å². The second kappa shape index (κ2) is 6.73. The number of hydrogen-bond acceptors (Lipinski definition) is 4. The molecule has 1 heterocycles. The number of aromatic nitrogens is 2. The highest BCUT2D eigenvalue weighted by Crippen LogP contribution is 2.21. The van der Waals surface area contributed by atoms with Crippen LogP contribution in [0.5, 0.6) is 0 Å². The number of thioether (sulfide) groups is 1. The first kappa shape index (κ1) is 15.5. The molecule has 1 aromatic carbocycles. The van der Waals surface area contributed by atoms with Crippen LogP contribution in [0, 0.1) is 12.7 Å². The Morgan fingerprint density at radius 2 is 2.29 bits per heavy atom. The zero-order valence-corrected chi connectivity index (χ0v) is 12.5. The summed E-state index contributed by atoms with van der Waals surface area (Å²) in [6.07, 6.45) is 1.44. The molecule has 0 atom stereocenters. The van der Waals surface area contributed by atoms with Gasteiger partial charge in [-0.3, -0.25) is 4.79 Å². The van der Waals surface area contributed by atoms with Gasteiger partial charge in [0.15, 0.2) is 0 Å². The van der Waals surface area contributed by atoms with Gasteiger partial charge in [0, 0.05) is 11.9 Å². The molecular formula is C13H11ClFN3O2S. The molecule has 1 aromatic heterocycles. The normalized spacial score (nSPS) is 10.4. The van der Waals surface area contributed by atoms with Crippen LogP contribution in [0.2, 0.25) is 5.02 Å². The average molecular weight is 328 g/mol. The third kappa shape index (κ3) is 4.30. The number of H-pyrrole nitrogens is 1. The zero-order chi connectivity index (χ0) is 15.4. The van der Waals surface area contributed by atoms with Gasteiger partial charge >= 0.3 is 5.69 Å². The van der Waals surface area contributed by atoms with Gasteiger partial charge in [-0.05, 0) is 30.7 Å². The van der Waals surface area contributed by atoms with Gasteiger partial charge in [-0.2, -0.15) is 0 Å². The van der Waals surface area contributed by atoms with Crippen LogP contribution in [0.1, 0.15) is 5.56 Å². The number of aryl methyl sites for hydroxylation is 1. The predicted molar refractivity (Wildman–Crippen MR) is 80.4 cm³/mol. The van der Waals surface area contributed by atoms with Crippen LogP contribution in [0.3, 0.4) is 0 Å². The molecule has 0 aliphatic heterocycles. The number of carbonyl (C=O) groups is 1. The molecule has 110 valence electrons. The standard InChI is InChI=1S/C13H11ClFN3O2S/c1-7-5-16-13(20)18-12(7)21-6-11(19)17-8-2-3-10(15)9(14)4-8/h2-5H,6H2,1H3,(H,17,19)(H,16,18,20). The Labute approximate surface area is 128 Å². The van der Waals surface area contributed by atoms with E-state index in [9.17, 15) is 14.0 Å². The maximum absolute atomic E-state index is 13.0. The molecule has 21 heavy (non-hydrogen) atoms. The Kier molecular flexibility index (Phi) is 4.98. The van der Waals surface area contributed by atoms with Gasteiger partial charge in [0.05, 0.1) is 15.8 Å². The van der Waals surface area contributed by atoms with Crippen molar-refractivity contribution in [1.29, 1.82) is 0 Å². The van der Waals surface area contributed by atoms with Crippen LogP contribution in [0.4, 0.5) is 10.1 Å². The van der Waals surface area contributed by atoms with E-state index < -0.39 is 11.5 Å². The lowest BCUT2D eigenvalue weighted by atomic mass is 10.3. The first-order chi connectivity index (χ1) is 9.95. The molecule has 0 spiro atoms. The van der Waals surface area contributed by atoms with Crippen molar-refractivity contribution in [2.45, 2.75) is 11.9 Å². The van der Waals surface area contributed by atoms with Crippen LogP contribution in [-0.2, 0) is 4.79 Å². The van der Waals surface area contributed by atoms with Crippen molar-refractivity contribution in [3.63, 3.8) is 0 Å². The maximum atomic E-state index is 13.0. The minimum atomic E-state index is -0.547. The fraction of sp³-hybridized carbons (Fsp3) is 0.154. The Hall–Kier alpha value is -1.86. The Morgan fingerprint density at radius 1 is 1.52 bits per heavy atom. The summed E-state index contributed by atoms with van der Waals surface area (Å²) < 4.78 is 13.0. The lowest BCUT2D eigenvalue weighted by Crippen LogP contribution is -2.16. The fourth-order valence-corrected chi connectivity index (χ4v) is 2.47. The number of hydrogen-bond donors (Lipinski definition) is 2. The molecular weight excluding hydrogens is 317 g/mol. The van der Waals surface area contributed by atoms with Gasteiger partial charge in [0.2, 0.25) is 5.91 Å². The summed E-state index contributed by atoms with van der Waals surface area (Å²) in [7, 11) is 0. The molecule has 0 saturated carbocycles. The van der Waals surface area contributed by atoms with E-state index in [1.165, 1.54) is 36.2 Å². The van der Waals surface area contributed by atoms with Crippen LogP contribution in [-0.4, -0.2) is 21.6 Å². The monoisotopic (exact) mass is 327 g/mol. The Bertz CT molecular complexity index is 736. The Morgan fingerprint density at radius 3 is 3.00 bits per heavy atom. The second-order valence-electron chi connectivity index (χ2n) is 4.17. The number of nitrogens with zero attached hydrogens (tertiary/aromatic N) is 1. The van der Waals surface area contributed by atoms with E-state index in [-0.39, 0.29) is 16.7 Å². The van der Waals surface area contributed by atoms with Crippen LogP contribution >= 0.6 is 23.4 Å². The van der Waals surface area contributed by atoms with Crippen molar-refractivity contribution >= 4 is 35.0 Å². The number of aromatic amines is 1. The molecule has 0 radical (unpaired) electrons. The summed E-state index contributed by atoms with van der Waals surface area (Å²) in [4.78, 5) is 29.1. The van der Waals surface area contributed by atoms with Crippen molar-refractivity contribution < 1.29 is 9.18 Å². The smallest absolute Gasteiger partial charge is 0.325 e. The lowest BCUT2D eigenvalue weighted by molar-refractivity contribution is -0.113. The summed E-state index contributed by atoms with van der Waals surface area (Å²) in [5.74, 6) is -0.746. The Balaban J connectivity index is 1.97. The zero-order valence-electron chi connectivity index (χ0n) is 10.9.